The predicted molar refractivity (Wildman–Crippen MR) is 44.6 cm³/mol. The van der Waals surface area contributed by atoms with E-state index in [4.69, 9.17) is 6.92 Å². The number of nitrogens with one attached hydrogen (secondary N) is 1. The third-order valence-corrected chi connectivity index (χ3v) is 1.33. The van der Waals surface area contributed by atoms with Gasteiger partial charge in [-0.15, -0.1) is 4.86 Å². The van der Waals surface area contributed by atoms with Gasteiger partial charge in [-0.3, -0.25) is 0 Å². The molecule has 4 heteroatoms. The topological polar surface area (TPSA) is 50.5 Å². The van der Waals surface area contributed by atoms with Crippen molar-refractivity contribution in [2.24, 2.45) is 5.22 Å². The molecule has 2 radical (unpaired) electrons. The largest absolute Gasteiger partial charge is 0.691 e. The molecule has 0 aromatic heterocycles. The third kappa shape index (κ3) is 1.72. The van der Waals surface area contributed by atoms with Crippen molar-refractivity contribution >= 4 is 5.69 Å². The van der Waals surface area contributed by atoms with Crippen LogP contribution in [0, 0.1) is 12.1 Å². The lowest BCUT2D eigenvalue weighted by Crippen LogP contribution is -2.02. The highest BCUT2D eigenvalue weighted by molar-refractivity contribution is 5.41. The van der Waals surface area contributed by atoms with Crippen LogP contribution in [0.15, 0.2) is 29.5 Å². The molecule has 1 aromatic carbocycles. The highest BCUT2D eigenvalue weighted by Gasteiger charge is 2.00. The molecule has 0 fully saturated rings. The van der Waals surface area contributed by atoms with E-state index < -0.39 is 0 Å². The van der Waals surface area contributed by atoms with Crippen molar-refractivity contribution in [2.75, 3.05) is 7.05 Å². The third-order valence-electron chi connectivity index (χ3n) is 1.33. The van der Waals surface area contributed by atoms with Gasteiger partial charge in [0.1, 0.15) is 0 Å². The van der Waals surface area contributed by atoms with Crippen molar-refractivity contribution in [1.82, 2.24) is 5.43 Å². The van der Waals surface area contributed by atoms with Crippen LogP contribution in [0.5, 0.6) is 0 Å². The van der Waals surface area contributed by atoms with Gasteiger partial charge in [0.25, 0.3) is 0 Å². The smallest absolute Gasteiger partial charge is 0.157 e. The fourth-order valence-corrected chi connectivity index (χ4v) is 0.806. The Morgan fingerprint density at radius 1 is 1.50 bits per heavy atom. The molecule has 0 bridgehead atoms. The Labute approximate surface area is 71.1 Å². The summed E-state index contributed by atoms with van der Waals surface area (Å²) in [6.45, 7) is 5.52. The average Bonchev–Trinajstić information content (AvgIpc) is 2.05. The number of para-hydroxylation sites is 1. The molecule has 0 saturated carbocycles. The first kappa shape index (κ1) is 8.52. The van der Waals surface area contributed by atoms with E-state index in [0.717, 1.165) is 0 Å². The van der Waals surface area contributed by atoms with E-state index in [1.54, 1.807) is 31.3 Å². The minimum absolute atomic E-state index is 0.340. The van der Waals surface area contributed by atoms with E-state index in [1.165, 1.54) is 0 Å². The van der Waals surface area contributed by atoms with Crippen molar-refractivity contribution in [3.8, 4) is 0 Å². The van der Waals surface area contributed by atoms with E-state index >= 15 is 0 Å². The van der Waals surface area contributed by atoms with Gasteiger partial charge in [0.15, 0.2) is 5.69 Å². The number of rotatable bonds is 2. The first-order chi connectivity index (χ1) is 5.75. The van der Waals surface area contributed by atoms with Gasteiger partial charge in [0, 0.05) is 12.5 Å². The minimum atomic E-state index is 0.340. The van der Waals surface area contributed by atoms with Gasteiger partial charge in [-0.1, -0.05) is 18.2 Å². The maximum absolute atomic E-state index is 11.1. The zero-order valence-corrected chi connectivity index (χ0v) is 6.69. The van der Waals surface area contributed by atoms with Gasteiger partial charge in [-0.2, -0.15) is 5.43 Å². The first-order valence-corrected chi connectivity index (χ1v) is 3.45. The molecule has 12 heavy (non-hydrogen) atoms. The second-order valence-electron chi connectivity index (χ2n) is 2.16. The van der Waals surface area contributed by atoms with Crippen molar-refractivity contribution in [1.29, 1.82) is 0 Å². The summed E-state index contributed by atoms with van der Waals surface area (Å²) >= 11 is 0. The van der Waals surface area contributed by atoms with E-state index in [0.29, 0.717) is 16.1 Å². The Morgan fingerprint density at radius 2 is 2.17 bits per heavy atom. The summed E-state index contributed by atoms with van der Waals surface area (Å²) in [5, 5.41) is 14.5. The summed E-state index contributed by atoms with van der Waals surface area (Å²) in [6.07, 6.45) is 0. The maximum atomic E-state index is 11.1. The molecule has 0 amide bonds. The van der Waals surface area contributed by atoms with Crippen molar-refractivity contribution in [3.05, 3.63) is 42.0 Å². The van der Waals surface area contributed by atoms with Crippen LogP contribution in [0.4, 0.5) is 5.69 Å². The quantitative estimate of drug-likeness (QED) is 0.408. The summed E-state index contributed by atoms with van der Waals surface area (Å²) in [5.74, 6) is 0. The molecule has 0 spiro atoms. The highest BCUT2D eigenvalue weighted by atomic mass is 16.5. The van der Waals surface area contributed by atoms with Gasteiger partial charge in [-0.05, 0) is 6.07 Å². The number of nitrogens with zero attached hydrogens (tertiary/aromatic N) is 2. The van der Waals surface area contributed by atoms with Crippen LogP contribution in [0.2, 0.25) is 0 Å². The molecule has 0 unspecified atom stereocenters. The monoisotopic (exact) mass is 163 g/mol. The van der Waals surface area contributed by atoms with Crippen molar-refractivity contribution < 1.29 is 4.86 Å². The Balaban J connectivity index is 3.02. The minimum Gasteiger partial charge on any atom is -0.691 e. The van der Waals surface area contributed by atoms with Gasteiger partial charge in [0.05, 0.1) is 12.3 Å². The van der Waals surface area contributed by atoms with E-state index in [9.17, 15) is 5.21 Å². The van der Waals surface area contributed by atoms with Crippen LogP contribution < -0.4 is 5.43 Å². The Bertz CT molecular complexity index is 296. The number of hydrogen-bond acceptors (Lipinski definition) is 2. The lowest BCUT2D eigenvalue weighted by Gasteiger charge is -2.06. The van der Waals surface area contributed by atoms with Crippen LogP contribution in [0.3, 0.4) is 0 Å². The maximum Gasteiger partial charge on any atom is 0.157 e. The summed E-state index contributed by atoms with van der Waals surface area (Å²) in [5.41, 5.74) is 3.12. The molecule has 0 aliphatic heterocycles. The Morgan fingerprint density at radius 3 is 2.75 bits per heavy atom. The molecule has 1 rings (SSSR count). The molecular weight excluding hydrogens is 154 g/mol. The van der Waals surface area contributed by atoms with Crippen LogP contribution in [-0.4, -0.2) is 11.9 Å². The molecular formula is C8H9N3O. The van der Waals surface area contributed by atoms with Crippen molar-refractivity contribution in [3.63, 3.8) is 0 Å². The normalized spacial score (nSPS) is 11.3. The average molecular weight is 163 g/mol. The zero-order valence-electron chi connectivity index (χ0n) is 6.69. The fraction of sp³-hybridized carbons (Fsp3) is 0.125. The fourth-order valence-electron chi connectivity index (χ4n) is 0.806. The predicted octanol–water partition coefficient (Wildman–Crippen LogP) is 1.47. The molecule has 0 atom stereocenters. The molecule has 0 aliphatic carbocycles. The van der Waals surface area contributed by atoms with Gasteiger partial charge in [-0.25, -0.2) is 0 Å². The molecule has 1 aromatic rings. The van der Waals surface area contributed by atoms with E-state index in [-0.39, 0.29) is 0 Å². The van der Waals surface area contributed by atoms with Gasteiger partial charge < -0.3 is 5.21 Å². The highest BCUT2D eigenvalue weighted by Crippen LogP contribution is 2.15. The summed E-state index contributed by atoms with van der Waals surface area (Å²) in [4.78, 5) is 0.440. The second kappa shape index (κ2) is 3.71. The zero-order chi connectivity index (χ0) is 8.97. The second-order valence-corrected chi connectivity index (χ2v) is 2.16. The van der Waals surface area contributed by atoms with Crippen LogP contribution >= 0.6 is 0 Å². The van der Waals surface area contributed by atoms with Gasteiger partial charge >= 0.3 is 0 Å². The van der Waals surface area contributed by atoms with E-state index in [2.05, 4.69) is 10.6 Å². The summed E-state index contributed by atoms with van der Waals surface area (Å²) < 4.78 is 0. The van der Waals surface area contributed by atoms with Gasteiger partial charge in [0.2, 0.25) is 0 Å². The lowest BCUT2D eigenvalue weighted by atomic mass is 10.2. The van der Waals surface area contributed by atoms with E-state index in [1.807, 2.05) is 0 Å². The first-order valence-electron chi connectivity index (χ1n) is 3.45. The Kier molecular flexibility index (Phi) is 2.63. The standard InChI is InChI=1S/C8H9N3O/c1-7-5-3-4-6-8(7)11(12)10-9-2/h1,3-6,9H,2H3. The molecule has 4 nitrogen and oxygen atoms in total. The number of hydrogen-bond donors (Lipinski definition) is 1. The SMILES string of the molecule is [CH]c1ccccc1[N+]([O-])=NNC. The number of benzene rings is 1. The van der Waals surface area contributed by atoms with Crippen LogP contribution in [0.1, 0.15) is 5.56 Å². The van der Waals surface area contributed by atoms with Crippen LogP contribution in [-0.2, 0) is 0 Å². The lowest BCUT2D eigenvalue weighted by molar-refractivity contribution is -0.447. The summed E-state index contributed by atoms with van der Waals surface area (Å²) in [7, 11) is 1.55. The molecule has 62 valence electrons. The Hall–Kier alpha value is -1.58. The molecule has 0 aliphatic rings. The molecule has 1 N–H and O–H groups in total. The summed E-state index contributed by atoms with van der Waals surface area (Å²) in [6, 6.07) is 6.72. The molecule has 0 saturated heterocycles. The van der Waals surface area contributed by atoms with Crippen molar-refractivity contribution in [2.45, 2.75) is 0 Å². The molecule has 0 heterocycles. The van der Waals surface area contributed by atoms with Crippen LogP contribution in [0.25, 0.3) is 0 Å².